The van der Waals surface area contributed by atoms with E-state index in [1.165, 1.54) is 23.3 Å². The summed E-state index contributed by atoms with van der Waals surface area (Å²) in [6, 6.07) is 9.67. The molecule has 1 unspecified atom stereocenters. The van der Waals surface area contributed by atoms with Gasteiger partial charge in [0, 0.05) is 55.6 Å². The van der Waals surface area contributed by atoms with Crippen molar-refractivity contribution in [1.29, 1.82) is 0 Å². The normalized spacial score (nSPS) is 15.7. The highest BCUT2D eigenvalue weighted by Crippen LogP contribution is 2.33. The Morgan fingerprint density at radius 1 is 1.03 bits per heavy atom. The van der Waals surface area contributed by atoms with E-state index in [1.807, 2.05) is 4.90 Å². The van der Waals surface area contributed by atoms with Gasteiger partial charge >= 0.3 is 11.9 Å². The maximum absolute atomic E-state index is 13.9. The molecule has 1 aromatic heterocycles. The molecule has 0 radical (unpaired) electrons. The van der Waals surface area contributed by atoms with Crippen molar-refractivity contribution in [1.82, 2.24) is 9.47 Å². The molecular weight excluding hydrogens is 425 g/mol. The number of hydrogen-bond acceptors (Lipinski definition) is 4. The molecule has 1 aliphatic rings. The van der Waals surface area contributed by atoms with Crippen LogP contribution in [0.4, 0.5) is 10.1 Å². The molecular formula is C25H28FN3O4. The Balaban J connectivity index is 1.62. The number of anilines is 1. The summed E-state index contributed by atoms with van der Waals surface area (Å²) in [5, 5.41) is 19.8. The largest absolute Gasteiger partial charge is 0.481 e. The van der Waals surface area contributed by atoms with E-state index in [0.29, 0.717) is 42.6 Å². The minimum Gasteiger partial charge on any atom is -0.481 e. The molecule has 0 amide bonds. The molecule has 1 atom stereocenters. The average molecular weight is 454 g/mol. The van der Waals surface area contributed by atoms with Crippen LogP contribution < -0.4 is 4.90 Å². The van der Waals surface area contributed by atoms with E-state index in [-0.39, 0.29) is 13.0 Å². The summed E-state index contributed by atoms with van der Waals surface area (Å²) in [7, 11) is 0. The number of fused-ring (bicyclic) bond motifs is 1. The van der Waals surface area contributed by atoms with E-state index >= 15 is 0 Å². The SMILES string of the molecule is Cc1ccc(N2CCN(C(C(=O)O)c3cn(CCC(=O)O)c4cc(F)ccc34)CC2)c(C)c1. The number of halogens is 1. The molecule has 7 nitrogen and oxygen atoms in total. The Kier molecular flexibility index (Phi) is 6.37. The quantitative estimate of drug-likeness (QED) is 0.566. The van der Waals surface area contributed by atoms with Gasteiger partial charge in [0.25, 0.3) is 0 Å². The van der Waals surface area contributed by atoms with Crippen molar-refractivity contribution >= 4 is 28.5 Å². The zero-order chi connectivity index (χ0) is 23.7. The lowest BCUT2D eigenvalue weighted by molar-refractivity contribution is -0.143. The minimum absolute atomic E-state index is 0.133. The first kappa shape index (κ1) is 22.8. The zero-order valence-electron chi connectivity index (χ0n) is 18.8. The van der Waals surface area contributed by atoms with Crippen LogP contribution in [-0.2, 0) is 16.1 Å². The van der Waals surface area contributed by atoms with Crippen LogP contribution in [0.2, 0.25) is 0 Å². The molecule has 0 spiro atoms. The molecule has 2 N–H and O–H groups in total. The second-order valence-corrected chi connectivity index (χ2v) is 8.64. The van der Waals surface area contributed by atoms with Crippen molar-refractivity contribution < 1.29 is 24.2 Å². The molecule has 2 aromatic carbocycles. The Hall–Kier alpha value is -3.39. The summed E-state index contributed by atoms with van der Waals surface area (Å²) in [5.41, 5.74) is 4.63. The van der Waals surface area contributed by atoms with Crippen LogP contribution in [0.3, 0.4) is 0 Å². The molecule has 4 rings (SSSR count). The van der Waals surface area contributed by atoms with Gasteiger partial charge in [0.05, 0.1) is 11.9 Å². The summed E-state index contributed by atoms with van der Waals surface area (Å²) in [5.74, 6) is -2.39. The molecule has 1 aliphatic heterocycles. The molecule has 1 saturated heterocycles. The van der Waals surface area contributed by atoms with E-state index in [2.05, 4.69) is 36.9 Å². The highest BCUT2D eigenvalue weighted by molar-refractivity contribution is 5.90. The van der Waals surface area contributed by atoms with Crippen molar-refractivity contribution in [3.05, 3.63) is 65.1 Å². The lowest BCUT2D eigenvalue weighted by Crippen LogP contribution is -2.49. The summed E-state index contributed by atoms with van der Waals surface area (Å²) < 4.78 is 15.6. The van der Waals surface area contributed by atoms with Crippen molar-refractivity contribution in [2.45, 2.75) is 32.9 Å². The first-order valence-corrected chi connectivity index (χ1v) is 11.0. The standard InChI is InChI=1S/C25H28FN3O4/c1-16-3-6-21(17(2)13-16)27-9-11-28(12-10-27)24(25(32)33)20-15-29(8-7-23(30)31)22-14-18(26)4-5-19(20)22/h3-6,13-15,24H,7-12H2,1-2H3,(H,30,31)(H,32,33). The third kappa shape index (κ3) is 4.71. The fourth-order valence-electron chi connectivity index (χ4n) is 4.78. The third-order valence-corrected chi connectivity index (χ3v) is 6.34. The number of aryl methyl sites for hydroxylation is 3. The lowest BCUT2D eigenvalue weighted by Gasteiger charge is -2.39. The number of carbonyl (C=O) groups is 2. The van der Waals surface area contributed by atoms with Crippen molar-refractivity contribution in [3.8, 4) is 0 Å². The summed E-state index contributed by atoms with van der Waals surface area (Å²) in [6.07, 6.45) is 1.54. The second-order valence-electron chi connectivity index (χ2n) is 8.64. The first-order valence-electron chi connectivity index (χ1n) is 11.0. The highest BCUT2D eigenvalue weighted by Gasteiger charge is 2.33. The predicted molar refractivity (Wildman–Crippen MR) is 124 cm³/mol. The van der Waals surface area contributed by atoms with Gasteiger partial charge in [-0.3, -0.25) is 14.5 Å². The monoisotopic (exact) mass is 453 g/mol. The molecule has 0 aliphatic carbocycles. The van der Waals surface area contributed by atoms with Crippen molar-refractivity contribution in [2.24, 2.45) is 0 Å². The predicted octanol–water partition coefficient (Wildman–Crippen LogP) is 3.82. The number of carboxylic acid groups (broad SMARTS) is 2. The van der Waals surface area contributed by atoms with Crippen molar-refractivity contribution in [3.63, 3.8) is 0 Å². The van der Waals surface area contributed by atoms with Gasteiger partial charge in [0.2, 0.25) is 0 Å². The maximum Gasteiger partial charge on any atom is 0.325 e. The Morgan fingerprint density at radius 3 is 2.39 bits per heavy atom. The highest BCUT2D eigenvalue weighted by atomic mass is 19.1. The zero-order valence-corrected chi connectivity index (χ0v) is 18.8. The van der Waals surface area contributed by atoms with Gasteiger partial charge in [0.15, 0.2) is 0 Å². The molecule has 33 heavy (non-hydrogen) atoms. The number of nitrogens with zero attached hydrogens (tertiary/aromatic N) is 3. The van der Waals surface area contributed by atoms with E-state index in [1.54, 1.807) is 16.8 Å². The molecule has 8 heteroatoms. The third-order valence-electron chi connectivity index (χ3n) is 6.34. The van der Waals surface area contributed by atoms with Crippen LogP contribution in [0.5, 0.6) is 0 Å². The van der Waals surface area contributed by atoms with Crippen LogP contribution in [0.25, 0.3) is 10.9 Å². The van der Waals surface area contributed by atoms with E-state index in [9.17, 15) is 19.1 Å². The summed E-state index contributed by atoms with van der Waals surface area (Å²) >= 11 is 0. The van der Waals surface area contributed by atoms with Crippen molar-refractivity contribution in [2.75, 3.05) is 31.1 Å². The average Bonchev–Trinajstić information content (AvgIpc) is 3.10. The van der Waals surface area contributed by atoms with E-state index in [4.69, 9.17) is 5.11 Å². The van der Waals surface area contributed by atoms with Crippen LogP contribution in [0, 0.1) is 19.7 Å². The van der Waals surface area contributed by atoms with E-state index < -0.39 is 23.8 Å². The topological polar surface area (TPSA) is 86.0 Å². The van der Waals surface area contributed by atoms with Gasteiger partial charge in [0.1, 0.15) is 11.9 Å². The van der Waals surface area contributed by atoms with E-state index in [0.717, 1.165) is 5.69 Å². The Labute approximate surface area is 191 Å². The number of piperazine rings is 1. The van der Waals surface area contributed by atoms with Gasteiger partial charge in [-0.05, 0) is 43.7 Å². The van der Waals surface area contributed by atoms with Gasteiger partial charge in [-0.2, -0.15) is 0 Å². The van der Waals surface area contributed by atoms with Crippen LogP contribution in [-0.4, -0.2) is 57.8 Å². The second kappa shape index (κ2) is 9.23. The molecule has 174 valence electrons. The van der Waals surface area contributed by atoms with Gasteiger partial charge in [-0.25, -0.2) is 4.39 Å². The number of rotatable bonds is 7. The molecule has 2 heterocycles. The summed E-state index contributed by atoms with van der Waals surface area (Å²) in [4.78, 5) is 27.7. The van der Waals surface area contributed by atoms with Gasteiger partial charge < -0.3 is 19.7 Å². The number of aromatic nitrogens is 1. The number of hydrogen-bond donors (Lipinski definition) is 2. The van der Waals surface area contributed by atoms with Gasteiger partial charge in [-0.1, -0.05) is 17.7 Å². The molecule has 0 saturated carbocycles. The van der Waals surface area contributed by atoms with Crippen LogP contribution in [0.1, 0.15) is 29.2 Å². The Morgan fingerprint density at radius 2 is 1.76 bits per heavy atom. The molecule has 3 aromatic rings. The maximum atomic E-state index is 13.9. The fourth-order valence-corrected chi connectivity index (χ4v) is 4.78. The van der Waals surface area contributed by atoms with Crippen LogP contribution in [0.15, 0.2) is 42.6 Å². The Bertz CT molecular complexity index is 1200. The number of carboxylic acids is 2. The molecule has 0 bridgehead atoms. The smallest absolute Gasteiger partial charge is 0.325 e. The summed E-state index contributed by atoms with van der Waals surface area (Å²) in [6.45, 7) is 6.80. The van der Waals surface area contributed by atoms with Crippen LogP contribution >= 0.6 is 0 Å². The number of aliphatic carboxylic acids is 2. The minimum atomic E-state index is -0.975. The lowest BCUT2D eigenvalue weighted by atomic mass is 10.0. The fraction of sp³-hybridized carbons (Fsp3) is 0.360. The number of benzene rings is 2. The van der Waals surface area contributed by atoms with Gasteiger partial charge in [-0.15, -0.1) is 0 Å². The first-order chi connectivity index (χ1) is 15.7. The molecule has 1 fully saturated rings.